The Labute approximate surface area is 155 Å². The standard InChI is InChI=1S/C19H25NO5S/c1-13-10-15(3)18(11-14(13)2)25-9-8-20-26(21,22)16-6-7-17(23-4)19(12-16)24-5/h6-7,10-12,20H,8-9H2,1-5H3. The first-order valence-electron chi connectivity index (χ1n) is 8.21. The van der Waals surface area contributed by atoms with Crippen molar-refractivity contribution in [3.05, 3.63) is 47.0 Å². The lowest BCUT2D eigenvalue weighted by molar-refractivity contribution is 0.320. The minimum absolute atomic E-state index is 0.109. The summed E-state index contributed by atoms with van der Waals surface area (Å²) in [6.45, 7) is 6.42. The number of hydrogen-bond acceptors (Lipinski definition) is 5. The Morgan fingerprint density at radius 2 is 1.50 bits per heavy atom. The zero-order chi connectivity index (χ0) is 19.3. The molecule has 0 spiro atoms. The molecule has 0 aliphatic rings. The van der Waals surface area contributed by atoms with Crippen LogP contribution in [-0.4, -0.2) is 35.8 Å². The molecule has 0 bridgehead atoms. The van der Waals surface area contributed by atoms with E-state index in [1.807, 2.05) is 26.8 Å². The summed E-state index contributed by atoms with van der Waals surface area (Å²) in [5, 5.41) is 0. The van der Waals surface area contributed by atoms with E-state index in [-0.39, 0.29) is 18.0 Å². The zero-order valence-corrected chi connectivity index (χ0v) is 16.6. The molecule has 0 aliphatic carbocycles. The minimum atomic E-state index is -3.66. The second kappa shape index (κ2) is 8.42. The highest BCUT2D eigenvalue weighted by Gasteiger charge is 2.16. The Morgan fingerprint density at radius 1 is 0.846 bits per heavy atom. The van der Waals surface area contributed by atoms with Gasteiger partial charge in [-0.15, -0.1) is 0 Å². The third-order valence-electron chi connectivity index (χ3n) is 4.11. The van der Waals surface area contributed by atoms with Crippen molar-refractivity contribution in [2.45, 2.75) is 25.7 Å². The summed E-state index contributed by atoms with van der Waals surface area (Å²) >= 11 is 0. The third-order valence-corrected chi connectivity index (χ3v) is 5.57. The highest BCUT2D eigenvalue weighted by molar-refractivity contribution is 7.89. The highest BCUT2D eigenvalue weighted by Crippen LogP contribution is 2.29. The van der Waals surface area contributed by atoms with Crippen LogP contribution in [0.15, 0.2) is 35.2 Å². The molecule has 0 unspecified atom stereocenters. The van der Waals surface area contributed by atoms with Crippen molar-refractivity contribution in [3.63, 3.8) is 0 Å². The average Bonchev–Trinajstić information content (AvgIpc) is 2.62. The SMILES string of the molecule is COc1ccc(S(=O)(=O)NCCOc2cc(C)c(C)cc2C)cc1OC. The van der Waals surface area contributed by atoms with Gasteiger partial charge in [-0.05, 0) is 55.7 Å². The molecule has 26 heavy (non-hydrogen) atoms. The molecule has 0 aromatic heterocycles. The maximum Gasteiger partial charge on any atom is 0.240 e. The van der Waals surface area contributed by atoms with Gasteiger partial charge in [-0.25, -0.2) is 13.1 Å². The van der Waals surface area contributed by atoms with Gasteiger partial charge in [-0.3, -0.25) is 0 Å². The molecule has 2 rings (SSSR count). The van der Waals surface area contributed by atoms with Crippen LogP contribution in [0, 0.1) is 20.8 Å². The number of benzene rings is 2. The molecule has 7 heteroatoms. The molecule has 0 saturated heterocycles. The van der Waals surface area contributed by atoms with Gasteiger partial charge in [-0.2, -0.15) is 0 Å². The van der Waals surface area contributed by atoms with Gasteiger partial charge in [0.05, 0.1) is 19.1 Å². The lowest BCUT2D eigenvalue weighted by atomic mass is 10.1. The second-order valence-corrected chi connectivity index (χ2v) is 7.73. The topological polar surface area (TPSA) is 73.9 Å². The minimum Gasteiger partial charge on any atom is -0.493 e. The number of aryl methyl sites for hydroxylation is 3. The maximum atomic E-state index is 12.4. The number of nitrogens with one attached hydrogen (secondary N) is 1. The van der Waals surface area contributed by atoms with Gasteiger partial charge in [0, 0.05) is 12.6 Å². The van der Waals surface area contributed by atoms with E-state index in [0.717, 1.165) is 16.9 Å². The smallest absolute Gasteiger partial charge is 0.240 e. The molecule has 0 saturated carbocycles. The fourth-order valence-corrected chi connectivity index (χ4v) is 3.52. The summed E-state index contributed by atoms with van der Waals surface area (Å²) in [6.07, 6.45) is 0. The zero-order valence-electron chi connectivity index (χ0n) is 15.8. The van der Waals surface area contributed by atoms with Crippen LogP contribution >= 0.6 is 0 Å². The predicted octanol–water partition coefficient (Wildman–Crippen LogP) is 2.99. The quantitative estimate of drug-likeness (QED) is 0.714. The Hall–Kier alpha value is -2.25. The van der Waals surface area contributed by atoms with Crippen molar-refractivity contribution < 1.29 is 22.6 Å². The van der Waals surface area contributed by atoms with Gasteiger partial charge < -0.3 is 14.2 Å². The third kappa shape index (κ3) is 4.68. The Bertz CT molecular complexity index is 878. The number of hydrogen-bond donors (Lipinski definition) is 1. The van der Waals surface area contributed by atoms with Gasteiger partial charge in [0.15, 0.2) is 11.5 Å². The van der Waals surface area contributed by atoms with Crippen molar-refractivity contribution >= 4 is 10.0 Å². The molecule has 0 fully saturated rings. The van der Waals surface area contributed by atoms with Crippen LogP contribution in [0.3, 0.4) is 0 Å². The summed E-state index contributed by atoms with van der Waals surface area (Å²) in [4.78, 5) is 0.109. The molecule has 0 aliphatic heterocycles. The van der Waals surface area contributed by atoms with E-state index in [4.69, 9.17) is 14.2 Å². The van der Waals surface area contributed by atoms with Gasteiger partial charge in [-0.1, -0.05) is 6.07 Å². The molecule has 142 valence electrons. The van der Waals surface area contributed by atoms with Crippen LogP contribution in [0.2, 0.25) is 0 Å². The highest BCUT2D eigenvalue weighted by atomic mass is 32.2. The molecule has 2 aromatic rings. The van der Waals surface area contributed by atoms with Crippen LogP contribution in [0.1, 0.15) is 16.7 Å². The molecular weight excluding hydrogens is 354 g/mol. The van der Waals surface area contributed by atoms with E-state index in [9.17, 15) is 8.42 Å². The summed E-state index contributed by atoms with van der Waals surface area (Å²) in [6, 6.07) is 8.47. The lowest BCUT2D eigenvalue weighted by Crippen LogP contribution is -2.28. The molecule has 0 heterocycles. The first kappa shape index (κ1) is 20.1. The fourth-order valence-electron chi connectivity index (χ4n) is 2.49. The first-order chi connectivity index (χ1) is 12.3. The van der Waals surface area contributed by atoms with Crippen molar-refractivity contribution in [1.82, 2.24) is 4.72 Å². The van der Waals surface area contributed by atoms with E-state index in [1.165, 1.54) is 31.9 Å². The summed E-state index contributed by atoms with van der Waals surface area (Å²) in [5.41, 5.74) is 3.36. The second-order valence-electron chi connectivity index (χ2n) is 5.96. The molecule has 2 aromatic carbocycles. The van der Waals surface area contributed by atoms with Crippen LogP contribution in [0.5, 0.6) is 17.2 Å². The van der Waals surface area contributed by atoms with Gasteiger partial charge in [0.25, 0.3) is 0 Å². The number of sulfonamides is 1. The summed E-state index contributed by atoms with van der Waals surface area (Å²) < 4.78 is 43.3. The van der Waals surface area contributed by atoms with Crippen molar-refractivity contribution in [3.8, 4) is 17.2 Å². The number of methoxy groups -OCH3 is 2. The normalized spacial score (nSPS) is 11.3. The van der Waals surface area contributed by atoms with Crippen molar-refractivity contribution in [2.24, 2.45) is 0 Å². The van der Waals surface area contributed by atoms with Gasteiger partial charge >= 0.3 is 0 Å². The van der Waals surface area contributed by atoms with Crippen LogP contribution < -0.4 is 18.9 Å². The van der Waals surface area contributed by atoms with Crippen LogP contribution in [0.25, 0.3) is 0 Å². The molecule has 6 nitrogen and oxygen atoms in total. The van der Waals surface area contributed by atoms with Crippen LogP contribution in [-0.2, 0) is 10.0 Å². The monoisotopic (exact) mass is 379 g/mol. The first-order valence-corrected chi connectivity index (χ1v) is 9.69. The predicted molar refractivity (Wildman–Crippen MR) is 101 cm³/mol. The number of ether oxygens (including phenoxy) is 3. The molecule has 0 atom stereocenters. The fraction of sp³-hybridized carbons (Fsp3) is 0.368. The van der Waals surface area contributed by atoms with E-state index >= 15 is 0 Å². The van der Waals surface area contributed by atoms with Crippen molar-refractivity contribution in [1.29, 1.82) is 0 Å². The number of rotatable bonds is 8. The van der Waals surface area contributed by atoms with Crippen LogP contribution in [0.4, 0.5) is 0 Å². The Balaban J connectivity index is 2.00. The van der Waals surface area contributed by atoms with E-state index in [0.29, 0.717) is 11.5 Å². The Kier molecular flexibility index (Phi) is 6.50. The van der Waals surface area contributed by atoms with E-state index < -0.39 is 10.0 Å². The molecular formula is C19H25NO5S. The Morgan fingerprint density at radius 3 is 2.15 bits per heavy atom. The van der Waals surface area contributed by atoms with E-state index in [1.54, 1.807) is 6.07 Å². The molecule has 0 radical (unpaired) electrons. The largest absolute Gasteiger partial charge is 0.493 e. The molecule has 0 amide bonds. The van der Waals surface area contributed by atoms with Gasteiger partial charge in [0.2, 0.25) is 10.0 Å². The van der Waals surface area contributed by atoms with Crippen molar-refractivity contribution in [2.75, 3.05) is 27.4 Å². The maximum absolute atomic E-state index is 12.4. The summed E-state index contributed by atoms with van der Waals surface area (Å²) in [7, 11) is -0.707. The summed E-state index contributed by atoms with van der Waals surface area (Å²) in [5.74, 6) is 1.59. The van der Waals surface area contributed by atoms with E-state index in [2.05, 4.69) is 10.8 Å². The van der Waals surface area contributed by atoms with Gasteiger partial charge in [0.1, 0.15) is 12.4 Å². The lowest BCUT2D eigenvalue weighted by Gasteiger charge is -2.13. The average molecular weight is 379 g/mol. The molecule has 1 N–H and O–H groups in total.